The Labute approximate surface area is 202 Å². The minimum Gasteiger partial charge on any atom is -0.481 e. The van der Waals surface area contributed by atoms with Gasteiger partial charge in [-0.15, -0.1) is 0 Å². The van der Waals surface area contributed by atoms with Crippen molar-refractivity contribution in [3.63, 3.8) is 0 Å². The van der Waals surface area contributed by atoms with Gasteiger partial charge in [-0.1, -0.05) is 0 Å². The molecule has 1 amide bonds. The predicted octanol–water partition coefficient (Wildman–Crippen LogP) is 1.77. The Balaban J connectivity index is 3.32. The molecular formula is C23H42N2O9. The highest BCUT2D eigenvalue weighted by Crippen LogP contribution is 2.09. The molecule has 0 aliphatic carbocycles. The molecule has 0 spiro atoms. The summed E-state index contributed by atoms with van der Waals surface area (Å²) in [4.78, 5) is 50.2. The van der Waals surface area contributed by atoms with Crippen LogP contribution in [0.15, 0.2) is 0 Å². The molecule has 0 radical (unpaired) electrons. The summed E-state index contributed by atoms with van der Waals surface area (Å²) in [6, 6.07) is 0. The molecule has 0 fully saturated rings. The van der Waals surface area contributed by atoms with Crippen LogP contribution in [-0.4, -0.2) is 80.5 Å². The van der Waals surface area contributed by atoms with Crippen LogP contribution in [0.3, 0.4) is 0 Å². The van der Waals surface area contributed by atoms with Gasteiger partial charge in [0.25, 0.3) is 0 Å². The van der Waals surface area contributed by atoms with Gasteiger partial charge in [-0.05, 0) is 40.0 Å². The number of ether oxygens (including phenoxy) is 3. The van der Waals surface area contributed by atoms with E-state index in [1.54, 1.807) is 0 Å². The third-order valence-electron chi connectivity index (χ3n) is 4.13. The van der Waals surface area contributed by atoms with Gasteiger partial charge in [-0.25, -0.2) is 5.48 Å². The summed E-state index contributed by atoms with van der Waals surface area (Å²) < 4.78 is 16.0. The molecule has 3 N–H and O–H groups in total. The van der Waals surface area contributed by atoms with E-state index >= 15 is 0 Å². The fraction of sp³-hybridized carbons (Fsp3) is 0.826. The zero-order valence-corrected chi connectivity index (χ0v) is 20.8. The van der Waals surface area contributed by atoms with Crippen molar-refractivity contribution in [3.8, 4) is 0 Å². The molecule has 11 nitrogen and oxygen atoms in total. The lowest BCUT2D eigenvalue weighted by Crippen LogP contribution is -2.26. The number of aliphatic carboxylic acids is 1. The van der Waals surface area contributed by atoms with Crippen molar-refractivity contribution in [2.45, 2.75) is 77.7 Å². The highest BCUT2D eigenvalue weighted by molar-refractivity contribution is 5.82. The number of hydrogen-bond acceptors (Lipinski definition) is 9. The number of carbonyl (C=O) groups excluding carboxylic acids is 3. The molecule has 0 aromatic heterocycles. The van der Waals surface area contributed by atoms with Crippen molar-refractivity contribution >= 4 is 23.6 Å². The van der Waals surface area contributed by atoms with Crippen LogP contribution in [0.4, 0.5) is 0 Å². The number of amides is 1. The van der Waals surface area contributed by atoms with Crippen molar-refractivity contribution in [2.75, 3.05) is 46.1 Å². The van der Waals surface area contributed by atoms with Crippen LogP contribution in [0.2, 0.25) is 0 Å². The van der Waals surface area contributed by atoms with Crippen molar-refractivity contribution in [3.05, 3.63) is 0 Å². The summed E-state index contributed by atoms with van der Waals surface area (Å²) in [5, 5.41) is 11.3. The number of Topliss-reactive ketones (excluding diaryl/α,β-unsaturated/α-hetero) is 1. The van der Waals surface area contributed by atoms with E-state index in [-0.39, 0.29) is 43.3 Å². The molecule has 0 heterocycles. The molecule has 0 saturated heterocycles. The molecule has 0 rings (SSSR count). The summed E-state index contributed by atoms with van der Waals surface area (Å²) in [6.07, 6.45) is 2.43. The molecular weight excluding hydrogens is 448 g/mol. The third kappa shape index (κ3) is 24.6. The molecule has 11 heteroatoms. The number of carboxylic acids is 1. The van der Waals surface area contributed by atoms with Crippen molar-refractivity contribution < 1.29 is 43.3 Å². The van der Waals surface area contributed by atoms with E-state index < -0.39 is 11.6 Å². The monoisotopic (exact) mass is 490 g/mol. The molecule has 0 bridgehead atoms. The van der Waals surface area contributed by atoms with Crippen LogP contribution in [0.5, 0.6) is 0 Å². The van der Waals surface area contributed by atoms with E-state index in [1.807, 2.05) is 20.8 Å². The topological polar surface area (TPSA) is 149 Å². The Hall–Kier alpha value is -2.08. The van der Waals surface area contributed by atoms with Crippen LogP contribution >= 0.6 is 0 Å². The van der Waals surface area contributed by atoms with E-state index in [1.165, 1.54) is 0 Å². The summed E-state index contributed by atoms with van der Waals surface area (Å²) >= 11 is 0. The van der Waals surface area contributed by atoms with Gasteiger partial charge < -0.3 is 29.5 Å². The van der Waals surface area contributed by atoms with Crippen molar-refractivity contribution in [1.82, 2.24) is 10.8 Å². The summed E-state index contributed by atoms with van der Waals surface area (Å²) in [7, 11) is 0. The predicted molar refractivity (Wildman–Crippen MR) is 124 cm³/mol. The average molecular weight is 491 g/mol. The van der Waals surface area contributed by atoms with Crippen LogP contribution in [0.25, 0.3) is 0 Å². The molecule has 198 valence electrons. The number of carboxylic acid groups (broad SMARTS) is 1. The van der Waals surface area contributed by atoms with Gasteiger partial charge in [-0.2, -0.15) is 0 Å². The fourth-order valence-electron chi connectivity index (χ4n) is 2.57. The Kier molecular flexibility index (Phi) is 19.1. The van der Waals surface area contributed by atoms with Crippen LogP contribution in [-0.2, 0) is 38.2 Å². The van der Waals surface area contributed by atoms with E-state index in [2.05, 4.69) is 10.8 Å². The van der Waals surface area contributed by atoms with Gasteiger partial charge in [-0.3, -0.25) is 19.2 Å². The highest BCUT2D eigenvalue weighted by atomic mass is 16.6. The molecule has 0 aliphatic rings. The maximum atomic E-state index is 11.7. The standard InChI is InChI=1S/C23H42N2O9/c1-23(2,3)34-22(30)9-4-8-20(27)24-12-6-14-31-17-18-32-16-13-25-33-15-5-7-19(26)10-11-21(28)29/h25H,4-18H2,1-3H3,(H,24,27)(H,28,29). The van der Waals surface area contributed by atoms with E-state index in [0.29, 0.717) is 71.8 Å². The number of nitrogens with one attached hydrogen (secondary N) is 2. The lowest BCUT2D eigenvalue weighted by molar-refractivity contribution is -0.155. The second kappa shape index (κ2) is 20.3. The molecule has 0 saturated carbocycles. The Morgan fingerprint density at radius 3 is 2.12 bits per heavy atom. The molecule has 0 unspecified atom stereocenters. The second-order valence-corrected chi connectivity index (χ2v) is 8.65. The number of rotatable bonds is 22. The van der Waals surface area contributed by atoms with E-state index in [4.69, 9.17) is 24.2 Å². The maximum absolute atomic E-state index is 11.7. The van der Waals surface area contributed by atoms with Crippen molar-refractivity contribution in [1.29, 1.82) is 0 Å². The Bertz CT molecular complexity index is 591. The van der Waals surface area contributed by atoms with Gasteiger partial charge in [0.2, 0.25) is 5.91 Å². The normalized spacial score (nSPS) is 11.3. The first-order chi connectivity index (χ1) is 16.1. The quantitative estimate of drug-likeness (QED) is 0.116. The number of ketones is 1. The van der Waals surface area contributed by atoms with Gasteiger partial charge in [0.15, 0.2) is 0 Å². The number of hydroxylamine groups is 1. The van der Waals surface area contributed by atoms with Crippen molar-refractivity contribution in [2.24, 2.45) is 0 Å². The van der Waals surface area contributed by atoms with Gasteiger partial charge in [0.05, 0.1) is 32.8 Å². The maximum Gasteiger partial charge on any atom is 0.306 e. The van der Waals surface area contributed by atoms with Crippen LogP contribution < -0.4 is 10.8 Å². The minimum absolute atomic E-state index is 0.0602. The van der Waals surface area contributed by atoms with Gasteiger partial charge >= 0.3 is 11.9 Å². The zero-order valence-electron chi connectivity index (χ0n) is 20.8. The average Bonchev–Trinajstić information content (AvgIpc) is 2.73. The first-order valence-corrected chi connectivity index (χ1v) is 11.8. The SMILES string of the molecule is CC(C)(C)OC(=O)CCCC(=O)NCCCOCCOCCNOCCCC(=O)CCC(=O)O. The summed E-state index contributed by atoms with van der Waals surface area (Å²) in [5.74, 6) is -1.43. The first kappa shape index (κ1) is 31.9. The zero-order chi connectivity index (χ0) is 25.7. The fourth-order valence-corrected chi connectivity index (χ4v) is 2.57. The first-order valence-electron chi connectivity index (χ1n) is 11.8. The Morgan fingerprint density at radius 1 is 0.735 bits per heavy atom. The van der Waals surface area contributed by atoms with Gasteiger partial charge in [0, 0.05) is 45.4 Å². The third-order valence-corrected chi connectivity index (χ3v) is 4.13. The minimum atomic E-state index is -0.967. The van der Waals surface area contributed by atoms with Crippen LogP contribution in [0, 0.1) is 0 Å². The molecule has 0 aliphatic heterocycles. The highest BCUT2D eigenvalue weighted by Gasteiger charge is 2.16. The lowest BCUT2D eigenvalue weighted by Gasteiger charge is -2.19. The Morgan fingerprint density at radius 2 is 1.44 bits per heavy atom. The van der Waals surface area contributed by atoms with E-state index in [9.17, 15) is 19.2 Å². The largest absolute Gasteiger partial charge is 0.481 e. The van der Waals surface area contributed by atoms with Gasteiger partial charge in [0.1, 0.15) is 11.4 Å². The summed E-state index contributed by atoms with van der Waals surface area (Å²) in [6.45, 7) is 8.64. The number of esters is 1. The van der Waals surface area contributed by atoms with Crippen LogP contribution in [0.1, 0.15) is 72.1 Å². The molecule has 0 aromatic carbocycles. The summed E-state index contributed by atoms with van der Waals surface area (Å²) in [5.41, 5.74) is 2.22. The smallest absolute Gasteiger partial charge is 0.306 e. The second-order valence-electron chi connectivity index (χ2n) is 8.65. The van der Waals surface area contributed by atoms with E-state index in [0.717, 1.165) is 0 Å². The molecule has 0 atom stereocenters. The molecule has 0 aromatic rings. The lowest BCUT2D eigenvalue weighted by atomic mass is 10.1. The number of carbonyl (C=O) groups is 4. The number of hydrogen-bond donors (Lipinski definition) is 3. The molecule has 34 heavy (non-hydrogen) atoms.